The van der Waals surface area contributed by atoms with Gasteiger partial charge in [0.1, 0.15) is 23.2 Å². The van der Waals surface area contributed by atoms with E-state index in [1.54, 1.807) is 0 Å². The van der Waals surface area contributed by atoms with Crippen LogP contribution in [0.2, 0.25) is 0 Å². The molecule has 0 atom stereocenters. The van der Waals surface area contributed by atoms with Gasteiger partial charge in [-0.1, -0.05) is 0 Å². The molecule has 0 spiro atoms. The van der Waals surface area contributed by atoms with Crippen LogP contribution >= 0.6 is 0 Å². The maximum atomic E-state index is 5.91. The summed E-state index contributed by atoms with van der Waals surface area (Å²) in [6.45, 7) is 1.86. The Balaban J connectivity index is 1.34. The molecule has 2 N–H and O–H groups in total. The Morgan fingerprint density at radius 3 is 1.44 bits per heavy atom. The van der Waals surface area contributed by atoms with Crippen molar-refractivity contribution in [2.45, 2.75) is 25.7 Å². The van der Waals surface area contributed by atoms with Crippen molar-refractivity contribution in [1.82, 2.24) is 0 Å². The maximum Gasteiger partial charge on any atom is 0.127 e. The molecule has 0 radical (unpaired) electrons. The molecule has 2 aromatic carbocycles. The minimum Gasteiger partial charge on any atom is -0.457 e. The quantitative estimate of drug-likeness (QED) is 0.853. The number of anilines is 2. The number of amidine groups is 2. The molecule has 2 aliphatic heterocycles. The summed E-state index contributed by atoms with van der Waals surface area (Å²) in [4.78, 5) is 8.85. The number of hydrogen-bond donors (Lipinski definition) is 2. The molecule has 4 rings (SSSR count). The Morgan fingerprint density at radius 1 is 0.640 bits per heavy atom. The monoisotopic (exact) mass is 334 g/mol. The zero-order chi connectivity index (χ0) is 16.9. The molecule has 5 heteroatoms. The number of nitrogens with one attached hydrogen (secondary N) is 2. The summed E-state index contributed by atoms with van der Waals surface area (Å²) in [5.74, 6) is 3.78. The van der Waals surface area contributed by atoms with Gasteiger partial charge in [0.25, 0.3) is 0 Å². The minimum absolute atomic E-state index is 0.819. The van der Waals surface area contributed by atoms with Gasteiger partial charge >= 0.3 is 0 Å². The molecule has 5 nitrogen and oxygen atoms in total. The molecule has 0 aliphatic carbocycles. The third-order valence-corrected chi connectivity index (χ3v) is 4.27. The van der Waals surface area contributed by atoms with Crippen LogP contribution in [0.15, 0.2) is 58.5 Å². The Morgan fingerprint density at radius 2 is 1.08 bits per heavy atom. The zero-order valence-electron chi connectivity index (χ0n) is 14.2. The van der Waals surface area contributed by atoms with Crippen molar-refractivity contribution < 1.29 is 4.74 Å². The van der Waals surface area contributed by atoms with E-state index in [1.165, 1.54) is 0 Å². The molecule has 128 valence electrons. The van der Waals surface area contributed by atoms with E-state index >= 15 is 0 Å². The average molecular weight is 334 g/mol. The van der Waals surface area contributed by atoms with E-state index in [9.17, 15) is 0 Å². The Kier molecular flexibility index (Phi) is 4.63. The van der Waals surface area contributed by atoms with E-state index in [0.717, 1.165) is 73.3 Å². The highest BCUT2D eigenvalue weighted by Gasteiger charge is 2.07. The topological polar surface area (TPSA) is 58.0 Å². The van der Waals surface area contributed by atoms with E-state index in [2.05, 4.69) is 20.6 Å². The summed E-state index contributed by atoms with van der Waals surface area (Å²) in [5, 5.41) is 6.70. The summed E-state index contributed by atoms with van der Waals surface area (Å²) >= 11 is 0. The molecule has 2 heterocycles. The first-order valence-electron chi connectivity index (χ1n) is 8.84. The molecule has 0 bridgehead atoms. The molecule has 0 saturated heterocycles. The molecule has 2 aromatic rings. The van der Waals surface area contributed by atoms with Crippen molar-refractivity contribution in [3.63, 3.8) is 0 Å². The number of nitrogens with zero attached hydrogens (tertiary/aromatic N) is 2. The van der Waals surface area contributed by atoms with Gasteiger partial charge < -0.3 is 15.4 Å². The van der Waals surface area contributed by atoms with E-state index in [1.807, 2.05) is 48.5 Å². The lowest BCUT2D eigenvalue weighted by Gasteiger charge is -2.10. The molecule has 0 saturated carbocycles. The lowest BCUT2D eigenvalue weighted by molar-refractivity contribution is 0.483. The highest BCUT2D eigenvalue weighted by Crippen LogP contribution is 2.25. The fourth-order valence-electron chi connectivity index (χ4n) is 2.97. The minimum atomic E-state index is 0.819. The average Bonchev–Trinajstić information content (AvgIpc) is 3.33. The fraction of sp³-hybridized carbons (Fsp3) is 0.300. The van der Waals surface area contributed by atoms with Crippen molar-refractivity contribution in [2.75, 3.05) is 23.7 Å². The normalized spacial score (nSPS) is 16.3. The van der Waals surface area contributed by atoms with Gasteiger partial charge in [-0.25, -0.2) is 0 Å². The van der Waals surface area contributed by atoms with Gasteiger partial charge in [0.15, 0.2) is 0 Å². The first-order valence-corrected chi connectivity index (χ1v) is 8.84. The van der Waals surface area contributed by atoms with Gasteiger partial charge in [-0.15, -0.1) is 0 Å². The summed E-state index contributed by atoms with van der Waals surface area (Å²) in [7, 11) is 0. The number of aliphatic imine (C=N–C) groups is 2. The fourth-order valence-corrected chi connectivity index (χ4v) is 2.97. The van der Waals surface area contributed by atoms with Crippen molar-refractivity contribution in [2.24, 2.45) is 9.98 Å². The van der Waals surface area contributed by atoms with Gasteiger partial charge in [0, 0.05) is 37.3 Å². The van der Waals surface area contributed by atoms with Crippen LogP contribution in [-0.2, 0) is 0 Å². The lowest BCUT2D eigenvalue weighted by atomic mass is 10.2. The highest BCUT2D eigenvalue weighted by atomic mass is 16.5. The second-order valence-electron chi connectivity index (χ2n) is 6.26. The van der Waals surface area contributed by atoms with Crippen LogP contribution in [0, 0.1) is 0 Å². The SMILES string of the molecule is c1cc(Oc2ccc(NC3=NCCC3)cc2)ccc1NC1=NCCC1. The zero-order valence-corrected chi connectivity index (χ0v) is 14.2. The Bertz CT molecular complexity index is 711. The second-order valence-corrected chi connectivity index (χ2v) is 6.26. The third kappa shape index (κ3) is 4.18. The highest BCUT2D eigenvalue weighted by molar-refractivity contribution is 5.97. The van der Waals surface area contributed by atoms with Gasteiger partial charge in [0.05, 0.1) is 0 Å². The number of rotatable bonds is 4. The van der Waals surface area contributed by atoms with Crippen LogP contribution in [0.4, 0.5) is 11.4 Å². The first kappa shape index (κ1) is 15.7. The third-order valence-electron chi connectivity index (χ3n) is 4.27. The number of ether oxygens (including phenoxy) is 1. The molecular formula is C20H22N4O. The van der Waals surface area contributed by atoms with Crippen LogP contribution in [-0.4, -0.2) is 24.8 Å². The van der Waals surface area contributed by atoms with Crippen molar-refractivity contribution in [3.05, 3.63) is 48.5 Å². The van der Waals surface area contributed by atoms with Gasteiger partial charge in [0.2, 0.25) is 0 Å². The molecule has 0 amide bonds. The number of benzene rings is 2. The van der Waals surface area contributed by atoms with Crippen LogP contribution in [0.5, 0.6) is 11.5 Å². The predicted octanol–water partition coefficient (Wildman–Crippen LogP) is 4.69. The molecule has 0 aromatic heterocycles. The van der Waals surface area contributed by atoms with Gasteiger partial charge in [-0.2, -0.15) is 0 Å². The van der Waals surface area contributed by atoms with Crippen molar-refractivity contribution in [1.29, 1.82) is 0 Å². The summed E-state index contributed by atoms with van der Waals surface area (Å²) in [6, 6.07) is 16.0. The summed E-state index contributed by atoms with van der Waals surface area (Å²) < 4.78 is 5.91. The molecule has 0 unspecified atom stereocenters. The lowest BCUT2D eigenvalue weighted by Crippen LogP contribution is -2.08. The smallest absolute Gasteiger partial charge is 0.127 e. The van der Waals surface area contributed by atoms with Gasteiger partial charge in [-0.05, 0) is 61.4 Å². The molecule has 25 heavy (non-hydrogen) atoms. The first-order chi connectivity index (χ1) is 12.3. The summed E-state index contributed by atoms with van der Waals surface area (Å²) in [5.41, 5.74) is 2.09. The van der Waals surface area contributed by atoms with Crippen molar-refractivity contribution in [3.8, 4) is 11.5 Å². The van der Waals surface area contributed by atoms with Crippen LogP contribution in [0.3, 0.4) is 0 Å². The van der Waals surface area contributed by atoms with E-state index in [4.69, 9.17) is 4.74 Å². The Hall–Kier alpha value is -2.82. The summed E-state index contributed by atoms with van der Waals surface area (Å²) in [6.07, 6.45) is 4.35. The molecular weight excluding hydrogens is 312 g/mol. The van der Waals surface area contributed by atoms with Crippen molar-refractivity contribution >= 4 is 23.0 Å². The standard InChI is InChI=1S/C20H22N4O/c1-3-19(21-13-1)23-15-5-9-17(10-6-15)25-18-11-7-16(8-12-18)24-20-4-2-14-22-20/h5-12H,1-4,13-14H2,(H,21,23)(H,22,24). The Labute approximate surface area is 147 Å². The van der Waals surface area contributed by atoms with E-state index in [0.29, 0.717) is 0 Å². The van der Waals surface area contributed by atoms with Crippen LogP contribution in [0.25, 0.3) is 0 Å². The largest absolute Gasteiger partial charge is 0.457 e. The van der Waals surface area contributed by atoms with Crippen LogP contribution < -0.4 is 15.4 Å². The van der Waals surface area contributed by atoms with E-state index < -0.39 is 0 Å². The molecule has 0 fully saturated rings. The van der Waals surface area contributed by atoms with E-state index in [-0.39, 0.29) is 0 Å². The predicted molar refractivity (Wildman–Crippen MR) is 103 cm³/mol. The van der Waals surface area contributed by atoms with Crippen LogP contribution in [0.1, 0.15) is 25.7 Å². The number of hydrogen-bond acceptors (Lipinski definition) is 5. The molecule has 2 aliphatic rings. The maximum absolute atomic E-state index is 5.91. The second kappa shape index (κ2) is 7.38. The van der Waals surface area contributed by atoms with Gasteiger partial charge in [-0.3, -0.25) is 9.98 Å².